The third-order valence-corrected chi connectivity index (χ3v) is 2.46. The Balaban J connectivity index is 3.67. The Morgan fingerprint density at radius 1 is 0.938 bits per heavy atom. The summed E-state index contributed by atoms with van der Waals surface area (Å²) in [5, 5.41) is 0.0878. The van der Waals surface area contributed by atoms with Crippen LogP contribution in [-0.2, 0) is 9.68 Å². The normalized spacial score (nSPS) is 15.0. The van der Waals surface area contributed by atoms with E-state index in [1.54, 1.807) is 0 Å². The number of hydrogen-bond acceptors (Lipinski definition) is 5. The van der Waals surface area contributed by atoms with Gasteiger partial charge in [0.15, 0.2) is 13.2 Å². The minimum Gasteiger partial charge on any atom is -0.324 e. The van der Waals surface area contributed by atoms with E-state index < -0.39 is 0 Å². The Labute approximate surface area is 96.7 Å². The summed E-state index contributed by atoms with van der Waals surface area (Å²) in [4.78, 5) is 20.6. The minimum absolute atomic E-state index is 0.0878. The van der Waals surface area contributed by atoms with E-state index in [-0.39, 0.29) is 42.2 Å². The van der Waals surface area contributed by atoms with Crippen LogP contribution in [0.3, 0.4) is 0 Å². The van der Waals surface area contributed by atoms with Gasteiger partial charge in [0, 0.05) is 12.1 Å². The van der Waals surface area contributed by atoms with Gasteiger partial charge in [-0.2, -0.15) is 9.68 Å². The van der Waals surface area contributed by atoms with Crippen LogP contribution in [0.25, 0.3) is 0 Å². The SMILES string of the molecule is CC(C)C(N)CO[N+](=O)OCC(N)C(C)C. The second-order valence-electron chi connectivity index (χ2n) is 4.63. The lowest BCUT2D eigenvalue weighted by molar-refractivity contribution is -0.981. The smallest absolute Gasteiger partial charge is 0.324 e. The van der Waals surface area contributed by atoms with E-state index in [1.165, 1.54) is 0 Å². The summed E-state index contributed by atoms with van der Waals surface area (Å²) >= 11 is 0. The summed E-state index contributed by atoms with van der Waals surface area (Å²) in [5.41, 5.74) is 11.4. The summed E-state index contributed by atoms with van der Waals surface area (Å²) in [6.07, 6.45) is 0. The lowest BCUT2D eigenvalue weighted by atomic mass is 10.1. The topological polar surface area (TPSA) is 90.6 Å². The molecule has 0 aliphatic heterocycles. The third kappa shape index (κ3) is 6.58. The van der Waals surface area contributed by atoms with Gasteiger partial charge in [0.25, 0.3) is 0 Å². The number of nitrogens with two attached hydrogens (primary N) is 2. The molecule has 0 saturated carbocycles. The summed E-state index contributed by atoms with van der Waals surface area (Å²) < 4.78 is 0. The standard InChI is InChI=1S/C10H24N3O3/c1-7(2)9(11)5-15-13(14)16-6-10(12)8(3)4/h7-10H,5-6,11-12H2,1-4H3/q+1. The second-order valence-corrected chi connectivity index (χ2v) is 4.63. The van der Waals surface area contributed by atoms with Crippen LogP contribution in [0.1, 0.15) is 27.7 Å². The van der Waals surface area contributed by atoms with E-state index in [0.29, 0.717) is 0 Å². The molecule has 0 aliphatic rings. The van der Waals surface area contributed by atoms with Crippen molar-refractivity contribution in [3.8, 4) is 0 Å². The Kier molecular flexibility index (Phi) is 7.00. The molecule has 0 aromatic heterocycles. The van der Waals surface area contributed by atoms with Crippen LogP contribution in [-0.4, -0.2) is 30.4 Å². The summed E-state index contributed by atoms with van der Waals surface area (Å²) in [6.45, 7) is 8.10. The van der Waals surface area contributed by atoms with Crippen molar-refractivity contribution in [2.75, 3.05) is 13.2 Å². The van der Waals surface area contributed by atoms with Gasteiger partial charge in [-0.15, -0.1) is 0 Å². The first-order valence-corrected chi connectivity index (χ1v) is 5.58. The molecule has 0 aliphatic carbocycles. The van der Waals surface area contributed by atoms with Crippen LogP contribution >= 0.6 is 0 Å². The molecule has 0 saturated heterocycles. The molecule has 0 spiro atoms. The summed E-state index contributed by atoms with van der Waals surface area (Å²) in [6, 6.07) is -0.363. The monoisotopic (exact) mass is 234 g/mol. The van der Waals surface area contributed by atoms with Crippen molar-refractivity contribution in [2.24, 2.45) is 23.3 Å². The molecule has 0 heterocycles. The average Bonchev–Trinajstić information content (AvgIpc) is 2.21. The Bertz CT molecular complexity index is 189. The van der Waals surface area contributed by atoms with Crippen molar-refractivity contribution < 1.29 is 14.8 Å². The van der Waals surface area contributed by atoms with Gasteiger partial charge in [-0.1, -0.05) is 27.7 Å². The number of rotatable bonds is 8. The molecule has 2 atom stereocenters. The predicted octanol–water partition coefficient (Wildman–Crippen LogP) is 0.595. The first-order chi connectivity index (χ1) is 7.34. The molecule has 6 nitrogen and oxygen atoms in total. The first kappa shape index (κ1) is 15.1. The molecule has 96 valence electrons. The maximum Gasteiger partial charge on any atom is 0.477 e. The fourth-order valence-corrected chi connectivity index (χ4v) is 0.716. The molecule has 16 heavy (non-hydrogen) atoms. The van der Waals surface area contributed by atoms with Crippen LogP contribution in [0, 0.1) is 16.7 Å². The molecule has 4 N–H and O–H groups in total. The molecule has 2 unspecified atom stereocenters. The van der Waals surface area contributed by atoms with E-state index in [9.17, 15) is 4.91 Å². The maximum absolute atomic E-state index is 11.1. The molecule has 0 fully saturated rings. The molecular weight excluding hydrogens is 210 g/mol. The maximum atomic E-state index is 11.1. The van der Waals surface area contributed by atoms with Gasteiger partial charge in [0.1, 0.15) is 4.91 Å². The van der Waals surface area contributed by atoms with E-state index in [1.807, 2.05) is 27.7 Å². The number of hydrogen-bond donors (Lipinski definition) is 2. The Morgan fingerprint density at radius 3 is 1.50 bits per heavy atom. The van der Waals surface area contributed by atoms with Crippen LogP contribution in [0.4, 0.5) is 0 Å². The van der Waals surface area contributed by atoms with Crippen molar-refractivity contribution in [1.82, 2.24) is 0 Å². The Hall–Kier alpha value is -0.880. The molecule has 0 radical (unpaired) electrons. The van der Waals surface area contributed by atoms with Gasteiger partial charge in [-0.05, 0) is 11.8 Å². The molecule has 0 aromatic carbocycles. The Morgan fingerprint density at radius 2 is 1.25 bits per heavy atom. The van der Waals surface area contributed by atoms with Gasteiger partial charge in [-0.3, -0.25) is 0 Å². The summed E-state index contributed by atoms with van der Waals surface area (Å²) in [7, 11) is 0. The zero-order valence-corrected chi connectivity index (χ0v) is 10.6. The van der Waals surface area contributed by atoms with Gasteiger partial charge in [-0.25, -0.2) is 0 Å². The van der Waals surface area contributed by atoms with Gasteiger partial charge in [0.2, 0.25) is 0 Å². The average molecular weight is 234 g/mol. The van der Waals surface area contributed by atoms with Crippen molar-refractivity contribution in [2.45, 2.75) is 39.8 Å². The van der Waals surface area contributed by atoms with E-state index >= 15 is 0 Å². The molecule has 6 heteroatoms. The fourth-order valence-electron chi connectivity index (χ4n) is 0.716. The molecule has 0 rings (SSSR count). The quantitative estimate of drug-likeness (QED) is 0.600. The highest BCUT2D eigenvalue weighted by Crippen LogP contribution is 2.01. The van der Waals surface area contributed by atoms with Crippen LogP contribution in [0.5, 0.6) is 0 Å². The zero-order chi connectivity index (χ0) is 12.7. The fraction of sp³-hybridized carbons (Fsp3) is 1.00. The lowest BCUT2D eigenvalue weighted by Gasteiger charge is -2.12. The van der Waals surface area contributed by atoms with E-state index in [4.69, 9.17) is 21.1 Å². The van der Waals surface area contributed by atoms with Gasteiger partial charge >= 0.3 is 5.09 Å². The molecule has 0 amide bonds. The highest BCUT2D eigenvalue weighted by Gasteiger charge is 2.20. The van der Waals surface area contributed by atoms with Gasteiger partial charge in [0.05, 0.1) is 0 Å². The predicted molar refractivity (Wildman–Crippen MR) is 61.2 cm³/mol. The van der Waals surface area contributed by atoms with Crippen LogP contribution in [0.15, 0.2) is 0 Å². The molecule has 0 bridgehead atoms. The molecular formula is C10H24N3O3+. The van der Waals surface area contributed by atoms with Crippen molar-refractivity contribution in [3.05, 3.63) is 4.91 Å². The summed E-state index contributed by atoms with van der Waals surface area (Å²) in [5.74, 6) is 0.512. The van der Waals surface area contributed by atoms with Crippen LogP contribution in [0.2, 0.25) is 0 Å². The zero-order valence-electron chi connectivity index (χ0n) is 10.6. The highest BCUT2D eigenvalue weighted by atomic mass is 17.0. The van der Waals surface area contributed by atoms with Gasteiger partial charge < -0.3 is 11.5 Å². The minimum atomic E-state index is -0.182. The molecule has 0 aromatic rings. The van der Waals surface area contributed by atoms with Crippen molar-refractivity contribution in [3.63, 3.8) is 0 Å². The van der Waals surface area contributed by atoms with Crippen LogP contribution < -0.4 is 11.5 Å². The largest absolute Gasteiger partial charge is 0.477 e. The number of nitrogens with zero attached hydrogens (tertiary/aromatic N) is 1. The second kappa shape index (κ2) is 7.40. The van der Waals surface area contributed by atoms with Crippen molar-refractivity contribution in [1.29, 1.82) is 0 Å². The van der Waals surface area contributed by atoms with Crippen molar-refractivity contribution >= 4 is 0 Å². The van der Waals surface area contributed by atoms with E-state index in [0.717, 1.165) is 0 Å². The van der Waals surface area contributed by atoms with E-state index in [2.05, 4.69) is 0 Å². The highest BCUT2D eigenvalue weighted by molar-refractivity contribution is 4.63. The third-order valence-electron chi connectivity index (χ3n) is 2.46. The lowest BCUT2D eigenvalue weighted by Crippen LogP contribution is -2.36. The first-order valence-electron chi connectivity index (χ1n) is 5.58.